The standard InChI is InChI=1S/C11H19N3O2S2/c1-13(2)8-9-14(17)11-6-4-10(5-7-11)12-18(3,15)16/h4-7,12,17H,8-9H2,1-3H3. The number of nitrogens with one attached hydrogen (secondary N) is 1. The number of likely N-dealkylation sites (N-methyl/N-ethyl adjacent to an activating group) is 1. The SMILES string of the molecule is CN(C)CCN(S)c1ccc(NS(C)(=O)=O)cc1. The van der Waals surface area contributed by atoms with Crippen molar-refractivity contribution in [2.75, 3.05) is 42.5 Å². The van der Waals surface area contributed by atoms with Crippen molar-refractivity contribution >= 4 is 34.2 Å². The second-order valence-electron chi connectivity index (χ2n) is 4.35. The van der Waals surface area contributed by atoms with Gasteiger partial charge in [-0.1, -0.05) is 12.8 Å². The van der Waals surface area contributed by atoms with Crippen LogP contribution in [-0.2, 0) is 10.0 Å². The summed E-state index contributed by atoms with van der Waals surface area (Å²) < 4.78 is 26.4. The Balaban J connectivity index is 2.65. The highest BCUT2D eigenvalue weighted by Gasteiger charge is 2.04. The summed E-state index contributed by atoms with van der Waals surface area (Å²) in [5, 5.41) is 0. The lowest BCUT2D eigenvalue weighted by atomic mass is 10.3. The molecule has 5 nitrogen and oxygen atoms in total. The number of rotatable bonds is 6. The molecule has 0 heterocycles. The van der Waals surface area contributed by atoms with Gasteiger partial charge in [0.25, 0.3) is 0 Å². The Morgan fingerprint density at radius 1 is 1.17 bits per heavy atom. The smallest absolute Gasteiger partial charge is 0.229 e. The van der Waals surface area contributed by atoms with Gasteiger partial charge in [-0.25, -0.2) is 8.42 Å². The number of hydrogen-bond donors (Lipinski definition) is 2. The van der Waals surface area contributed by atoms with Crippen molar-refractivity contribution < 1.29 is 8.42 Å². The van der Waals surface area contributed by atoms with Gasteiger partial charge in [0.05, 0.1) is 6.26 Å². The van der Waals surface area contributed by atoms with Gasteiger partial charge in [-0.3, -0.25) is 4.72 Å². The van der Waals surface area contributed by atoms with Crippen LogP contribution >= 0.6 is 12.8 Å². The molecule has 0 saturated heterocycles. The Hall–Kier alpha value is -0.920. The fourth-order valence-electron chi connectivity index (χ4n) is 1.34. The first-order chi connectivity index (χ1) is 8.28. The predicted octanol–water partition coefficient (Wildman–Crippen LogP) is 1.27. The number of sulfonamides is 1. The minimum atomic E-state index is -3.22. The monoisotopic (exact) mass is 289 g/mol. The summed E-state index contributed by atoms with van der Waals surface area (Å²) in [6.45, 7) is 1.68. The maximum Gasteiger partial charge on any atom is 0.229 e. The van der Waals surface area contributed by atoms with Crippen molar-refractivity contribution in [2.24, 2.45) is 0 Å². The van der Waals surface area contributed by atoms with Crippen LogP contribution in [0, 0.1) is 0 Å². The number of hydrogen-bond acceptors (Lipinski definition) is 5. The minimum absolute atomic E-state index is 0.551. The zero-order valence-corrected chi connectivity index (χ0v) is 12.5. The average molecular weight is 289 g/mol. The molecule has 1 rings (SSSR count). The molecular weight excluding hydrogens is 270 g/mol. The van der Waals surface area contributed by atoms with E-state index >= 15 is 0 Å². The van der Waals surface area contributed by atoms with Crippen LogP contribution in [0.3, 0.4) is 0 Å². The number of nitrogens with zero attached hydrogens (tertiary/aromatic N) is 2. The summed E-state index contributed by atoms with van der Waals surface area (Å²) in [6, 6.07) is 7.09. The quantitative estimate of drug-likeness (QED) is 0.775. The molecule has 0 radical (unpaired) electrons. The lowest BCUT2D eigenvalue weighted by molar-refractivity contribution is 0.421. The summed E-state index contributed by atoms with van der Waals surface area (Å²) >= 11 is 4.38. The molecule has 0 aliphatic heterocycles. The first-order valence-electron chi connectivity index (χ1n) is 5.47. The first kappa shape index (κ1) is 15.1. The maximum atomic E-state index is 11.1. The van der Waals surface area contributed by atoms with Crippen molar-refractivity contribution in [3.8, 4) is 0 Å². The molecule has 0 aromatic heterocycles. The molecule has 0 spiro atoms. The Labute approximate surface area is 114 Å². The molecule has 1 N–H and O–H groups in total. The minimum Gasteiger partial charge on any atom is -0.317 e. The summed E-state index contributed by atoms with van der Waals surface area (Å²) in [6.07, 6.45) is 1.13. The van der Waals surface area contributed by atoms with E-state index in [1.54, 1.807) is 12.1 Å². The Kier molecular flexibility index (Phi) is 5.30. The molecule has 0 fully saturated rings. The van der Waals surface area contributed by atoms with Crippen molar-refractivity contribution in [3.63, 3.8) is 0 Å². The van der Waals surface area contributed by atoms with Crippen LogP contribution in [0.1, 0.15) is 0 Å². The largest absolute Gasteiger partial charge is 0.317 e. The van der Waals surface area contributed by atoms with Crippen molar-refractivity contribution in [3.05, 3.63) is 24.3 Å². The molecule has 18 heavy (non-hydrogen) atoms. The average Bonchev–Trinajstić information content (AvgIpc) is 2.24. The molecule has 0 saturated carbocycles. The van der Waals surface area contributed by atoms with E-state index in [0.29, 0.717) is 5.69 Å². The van der Waals surface area contributed by atoms with Gasteiger partial charge < -0.3 is 9.21 Å². The van der Waals surface area contributed by atoms with E-state index in [9.17, 15) is 8.42 Å². The Morgan fingerprint density at radius 3 is 2.17 bits per heavy atom. The highest BCUT2D eigenvalue weighted by Crippen LogP contribution is 2.19. The molecule has 102 valence electrons. The molecule has 1 aromatic carbocycles. The molecule has 0 amide bonds. The molecule has 0 bridgehead atoms. The van der Waals surface area contributed by atoms with Crippen LogP contribution in [0.5, 0.6) is 0 Å². The molecule has 0 aliphatic carbocycles. The fourth-order valence-corrected chi connectivity index (χ4v) is 2.13. The van der Waals surface area contributed by atoms with Crippen molar-refractivity contribution in [1.82, 2.24) is 4.90 Å². The zero-order chi connectivity index (χ0) is 13.8. The highest BCUT2D eigenvalue weighted by atomic mass is 32.2. The molecule has 7 heteroatoms. The fraction of sp³-hybridized carbons (Fsp3) is 0.455. The van der Waals surface area contributed by atoms with Crippen molar-refractivity contribution in [1.29, 1.82) is 0 Å². The lowest BCUT2D eigenvalue weighted by Gasteiger charge is -2.20. The van der Waals surface area contributed by atoms with E-state index in [1.165, 1.54) is 0 Å². The van der Waals surface area contributed by atoms with Gasteiger partial charge in [-0.05, 0) is 38.4 Å². The summed E-state index contributed by atoms with van der Waals surface area (Å²) in [5.74, 6) is 0. The second kappa shape index (κ2) is 6.31. The number of thiol groups is 1. The topological polar surface area (TPSA) is 52.6 Å². The van der Waals surface area contributed by atoms with E-state index in [-0.39, 0.29) is 0 Å². The lowest BCUT2D eigenvalue weighted by Crippen LogP contribution is -2.25. The van der Waals surface area contributed by atoms with Crippen LogP contribution in [0.15, 0.2) is 24.3 Å². The molecular formula is C11H19N3O2S2. The van der Waals surface area contributed by atoms with E-state index in [0.717, 1.165) is 25.0 Å². The van der Waals surface area contributed by atoms with E-state index in [4.69, 9.17) is 0 Å². The molecule has 0 atom stereocenters. The molecule has 0 unspecified atom stereocenters. The third-order valence-corrected chi connectivity index (χ3v) is 3.27. The van der Waals surface area contributed by atoms with Crippen LogP contribution in [0.2, 0.25) is 0 Å². The van der Waals surface area contributed by atoms with Gasteiger partial charge in [0, 0.05) is 24.5 Å². The highest BCUT2D eigenvalue weighted by molar-refractivity contribution is 7.92. The summed E-state index contributed by atoms with van der Waals surface area (Å²) in [7, 11) is 0.780. The first-order valence-corrected chi connectivity index (χ1v) is 7.76. The Morgan fingerprint density at radius 2 is 1.72 bits per heavy atom. The third kappa shape index (κ3) is 5.61. The van der Waals surface area contributed by atoms with Gasteiger partial charge in [-0.15, -0.1) is 0 Å². The van der Waals surface area contributed by atoms with Crippen LogP contribution in [0.25, 0.3) is 0 Å². The van der Waals surface area contributed by atoms with Gasteiger partial charge in [-0.2, -0.15) is 0 Å². The maximum absolute atomic E-state index is 11.1. The molecule has 1 aromatic rings. The third-order valence-electron chi connectivity index (χ3n) is 2.23. The normalized spacial score (nSPS) is 11.6. The molecule has 0 aliphatic rings. The van der Waals surface area contributed by atoms with Gasteiger partial charge >= 0.3 is 0 Å². The van der Waals surface area contributed by atoms with Crippen molar-refractivity contribution in [2.45, 2.75) is 0 Å². The van der Waals surface area contributed by atoms with Crippen LogP contribution in [0.4, 0.5) is 11.4 Å². The summed E-state index contributed by atoms with van der Waals surface area (Å²) in [5.41, 5.74) is 1.48. The van der Waals surface area contributed by atoms with E-state index in [1.807, 2.05) is 30.5 Å². The van der Waals surface area contributed by atoms with Gasteiger partial charge in [0.15, 0.2) is 0 Å². The predicted molar refractivity (Wildman–Crippen MR) is 79.8 cm³/mol. The van der Waals surface area contributed by atoms with Crippen LogP contribution < -0.4 is 9.03 Å². The number of benzene rings is 1. The Bertz CT molecular complexity index is 472. The van der Waals surface area contributed by atoms with E-state index in [2.05, 4.69) is 22.4 Å². The second-order valence-corrected chi connectivity index (χ2v) is 6.58. The van der Waals surface area contributed by atoms with Gasteiger partial charge in [0.2, 0.25) is 10.0 Å². The van der Waals surface area contributed by atoms with E-state index < -0.39 is 10.0 Å². The summed E-state index contributed by atoms with van der Waals surface area (Å²) in [4.78, 5) is 2.07. The number of anilines is 2. The van der Waals surface area contributed by atoms with Crippen LogP contribution in [-0.4, -0.2) is 46.8 Å². The zero-order valence-electron chi connectivity index (χ0n) is 10.8. The van der Waals surface area contributed by atoms with Gasteiger partial charge in [0.1, 0.15) is 0 Å².